The van der Waals surface area contributed by atoms with Gasteiger partial charge in [-0.2, -0.15) is 13.2 Å². The van der Waals surface area contributed by atoms with Crippen LogP contribution in [0.15, 0.2) is 42.5 Å². The zero-order chi connectivity index (χ0) is 22.5. The number of nitrogens with zero attached hydrogens (tertiary/aromatic N) is 1. The molecule has 0 unspecified atom stereocenters. The number of amides is 2. The molecule has 0 saturated heterocycles. The molecule has 0 spiro atoms. The average molecular weight is 447 g/mol. The summed E-state index contributed by atoms with van der Waals surface area (Å²) in [4.78, 5) is 25.4. The summed E-state index contributed by atoms with van der Waals surface area (Å²) in [5, 5.41) is 1.58. The van der Waals surface area contributed by atoms with Crippen LogP contribution in [0.4, 0.5) is 27.6 Å². The summed E-state index contributed by atoms with van der Waals surface area (Å²) >= 11 is 5.55. The number of anilines is 1. The lowest BCUT2D eigenvalue weighted by Crippen LogP contribution is -2.37. The van der Waals surface area contributed by atoms with Crippen molar-refractivity contribution in [3.8, 4) is 0 Å². The highest BCUT2D eigenvalue weighted by atomic mass is 35.5. The standard InChI is InChI=1S/C20H16ClF5N2O2/c1-2-28(11-17(29)27-19-15(22)4-3-5-16(19)23)18(30)9-7-12-6-8-14(21)13(10-12)20(24,25)26/h3-10H,2,11H2,1H3,(H,27,29)/b9-7+. The first kappa shape index (κ1) is 23.3. The maximum absolute atomic E-state index is 13.6. The third-order valence-electron chi connectivity index (χ3n) is 3.97. The van der Waals surface area contributed by atoms with Crippen LogP contribution in [-0.2, 0) is 15.8 Å². The van der Waals surface area contributed by atoms with Crippen LogP contribution in [0.25, 0.3) is 6.08 Å². The molecular formula is C20H16ClF5N2O2. The van der Waals surface area contributed by atoms with Gasteiger partial charge in [0.05, 0.1) is 10.6 Å². The molecule has 2 aromatic rings. The minimum absolute atomic E-state index is 0.0742. The number of carbonyl (C=O) groups excluding carboxylic acids is 2. The van der Waals surface area contributed by atoms with Crippen molar-refractivity contribution in [1.82, 2.24) is 4.90 Å². The van der Waals surface area contributed by atoms with E-state index in [1.54, 1.807) is 6.92 Å². The van der Waals surface area contributed by atoms with Crippen LogP contribution in [0.5, 0.6) is 0 Å². The van der Waals surface area contributed by atoms with Crippen molar-refractivity contribution < 1.29 is 31.5 Å². The van der Waals surface area contributed by atoms with Gasteiger partial charge in [-0.3, -0.25) is 9.59 Å². The average Bonchev–Trinajstić information content (AvgIpc) is 2.67. The van der Waals surface area contributed by atoms with E-state index in [0.717, 1.165) is 47.4 Å². The first-order valence-corrected chi connectivity index (χ1v) is 8.98. The van der Waals surface area contributed by atoms with Gasteiger partial charge in [0.1, 0.15) is 23.9 Å². The molecule has 160 valence electrons. The number of benzene rings is 2. The van der Waals surface area contributed by atoms with E-state index in [4.69, 9.17) is 11.6 Å². The van der Waals surface area contributed by atoms with Crippen LogP contribution in [0.2, 0.25) is 5.02 Å². The molecule has 2 aromatic carbocycles. The van der Waals surface area contributed by atoms with Gasteiger partial charge < -0.3 is 10.2 Å². The van der Waals surface area contributed by atoms with Crippen molar-refractivity contribution in [3.63, 3.8) is 0 Å². The van der Waals surface area contributed by atoms with Crippen LogP contribution >= 0.6 is 11.6 Å². The van der Waals surface area contributed by atoms with Gasteiger partial charge >= 0.3 is 6.18 Å². The molecule has 0 aliphatic heterocycles. The molecule has 2 rings (SSSR count). The molecule has 0 aliphatic carbocycles. The zero-order valence-electron chi connectivity index (χ0n) is 15.6. The molecule has 4 nitrogen and oxygen atoms in total. The number of nitrogens with one attached hydrogen (secondary N) is 1. The van der Waals surface area contributed by atoms with E-state index in [9.17, 15) is 31.5 Å². The quantitative estimate of drug-likeness (QED) is 0.493. The summed E-state index contributed by atoms with van der Waals surface area (Å²) < 4.78 is 65.9. The molecule has 0 bridgehead atoms. The van der Waals surface area contributed by atoms with Gasteiger partial charge in [0.2, 0.25) is 11.8 Å². The first-order valence-electron chi connectivity index (χ1n) is 8.60. The number of halogens is 6. The summed E-state index contributed by atoms with van der Waals surface area (Å²) in [5.74, 6) is -3.46. The van der Waals surface area contributed by atoms with Gasteiger partial charge in [0.15, 0.2) is 0 Å². The number of para-hydroxylation sites is 1. The van der Waals surface area contributed by atoms with Crippen LogP contribution in [-0.4, -0.2) is 29.8 Å². The van der Waals surface area contributed by atoms with Crippen LogP contribution in [0, 0.1) is 11.6 Å². The van der Waals surface area contributed by atoms with Crippen molar-refractivity contribution in [3.05, 3.63) is 70.3 Å². The lowest BCUT2D eigenvalue weighted by atomic mass is 10.1. The third-order valence-corrected chi connectivity index (χ3v) is 4.30. The lowest BCUT2D eigenvalue weighted by molar-refractivity contribution is -0.137. The van der Waals surface area contributed by atoms with E-state index >= 15 is 0 Å². The largest absolute Gasteiger partial charge is 0.417 e. The molecule has 0 aliphatic rings. The van der Waals surface area contributed by atoms with Gasteiger partial charge in [-0.25, -0.2) is 8.78 Å². The normalized spacial score (nSPS) is 11.6. The van der Waals surface area contributed by atoms with Gasteiger partial charge in [-0.05, 0) is 42.8 Å². The molecule has 1 N–H and O–H groups in total. The monoisotopic (exact) mass is 446 g/mol. The van der Waals surface area contributed by atoms with Gasteiger partial charge in [-0.1, -0.05) is 23.7 Å². The van der Waals surface area contributed by atoms with E-state index in [0.29, 0.717) is 0 Å². The molecule has 0 fully saturated rings. The number of rotatable bonds is 6. The van der Waals surface area contributed by atoms with Gasteiger partial charge in [-0.15, -0.1) is 0 Å². The fraction of sp³-hybridized carbons (Fsp3) is 0.200. The van der Waals surface area contributed by atoms with Crippen molar-refractivity contribution in [1.29, 1.82) is 0 Å². The summed E-state index contributed by atoms with van der Waals surface area (Å²) in [6.45, 7) is 1.12. The first-order chi connectivity index (χ1) is 14.0. The molecule has 0 saturated carbocycles. The van der Waals surface area contributed by atoms with Crippen LogP contribution < -0.4 is 5.32 Å². The molecule has 2 amide bonds. The molecule has 0 heterocycles. The Hall–Kier alpha value is -2.94. The minimum atomic E-state index is -4.65. The predicted molar refractivity (Wildman–Crippen MR) is 103 cm³/mol. The third kappa shape index (κ3) is 6.03. The Morgan fingerprint density at radius 2 is 1.77 bits per heavy atom. The van der Waals surface area contributed by atoms with Crippen molar-refractivity contribution in [2.24, 2.45) is 0 Å². The van der Waals surface area contributed by atoms with E-state index in [-0.39, 0.29) is 12.1 Å². The number of carbonyl (C=O) groups is 2. The van der Waals surface area contributed by atoms with Crippen molar-refractivity contribution >= 4 is 35.2 Å². The summed E-state index contributed by atoms with van der Waals surface area (Å²) in [5.41, 5.74) is -1.60. The number of hydrogen-bond donors (Lipinski definition) is 1. The maximum atomic E-state index is 13.6. The van der Waals surface area contributed by atoms with Crippen molar-refractivity contribution in [2.75, 3.05) is 18.4 Å². The van der Waals surface area contributed by atoms with Crippen LogP contribution in [0.3, 0.4) is 0 Å². The van der Waals surface area contributed by atoms with E-state index < -0.39 is 52.4 Å². The summed E-state index contributed by atoms with van der Waals surface area (Å²) in [6, 6.07) is 6.20. The fourth-order valence-corrected chi connectivity index (χ4v) is 2.68. The smallest absolute Gasteiger partial charge is 0.330 e. The molecule has 30 heavy (non-hydrogen) atoms. The molecule has 10 heteroatoms. The Morgan fingerprint density at radius 1 is 1.13 bits per heavy atom. The second kappa shape index (κ2) is 9.71. The second-order valence-corrected chi connectivity index (χ2v) is 6.47. The highest BCUT2D eigenvalue weighted by molar-refractivity contribution is 6.31. The van der Waals surface area contributed by atoms with Crippen LogP contribution in [0.1, 0.15) is 18.1 Å². The Labute approximate surface area is 173 Å². The predicted octanol–water partition coefficient (Wildman–Crippen LogP) is 5.14. The number of likely N-dealkylation sites (N-methyl/N-ethyl adjacent to an activating group) is 1. The second-order valence-electron chi connectivity index (χ2n) is 6.07. The van der Waals surface area contributed by atoms with Gasteiger partial charge in [0, 0.05) is 12.6 Å². The topological polar surface area (TPSA) is 49.4 Å². The molecule has 0 atom stereocenters. The minimum Gasteiger partial charge on any atom is -0.330 e. The van der Waals surface area contributed by atoms with E-state index in [1.807, 2.05) is 0 Å². The van der Waals surface area contributed by atoms with E-state index in [1.165, 1.54) is 6.07 Å². The molecule has 0 radical (unpaired) electrons. The van der Waals surface area contributed by atoms with E-state index in [2.05, 4.69) is 5.32 Å². The highest BCUT2D eigenvalue weighted by Gasteiger charge is 2.33. The Bertz CT molecular complexity index is 956. The van der Waals surface area contributed by atoms with Crippen molar-refractivity contribution in [2.45, 2.75) is 13.1 Å². The summed E-state index contributed by atoms with van der Waals surface area (Å²) in [6.07, 6.45) is -2.52. The zero-order valence-corrected chi connectivity index (χ0v) is 16.3. The molecular weight excluding hydrogens is 431 g/mol. The Kier molecular flexibility index (Phi) is 7.55. The number of alkyl halides is 3. The lowest BCUT2D eigenvalue weighted by Gasteiger charge is -2.19. The fourth-order valence-electron chi connectivity index (χ4n) is 2.45. The van der Waals surface area contributed by atoms with Gasteiger partial charge in [0.25, 0.3) is 0 Å². The maximum Gasteiger partial charge on any atom is 0.417 e. The Morgan fingerprint density at radius 3 is 2.33 bits per heavy atom. The summed E-state index contributed by atoms with van der Waals surface area (Å²) in [7, 11) is 0. The molecule has 0 aromatic heterocycles. The highest BCUT2D eigenvalue weighted by Crippen LogP contribution is 2.35. The Balaban J connectivity index is 2.08. The SMILES string of the molecule is CCN(CC(=O)Nc1c(F)cccc1F)C(=O)/C=C/c1ccc(Cl)c(C(F)(F)F)c1. The number of hydrogen-bond acceptors (Lipinski definition) is 2.